The molecule has 2 aromatic rings. The summed E-state index contributed by atoms with van der Waals surface area (Å²) in [6.07, 6.45) is 0. The molecular formula is C18H18ClN2O5S-. The van der Waals surface area contributed by atoms with E-state index in [9.17, 15) is 23.1 Å². The van der Waals surface area contributed by atoms with Gasteiger partial charge in [-0.3, -0.25) is 4.79 Å². The van der Waals surface area contributed by atoms with E-state index in [0.717, 1.165) is 0 Å². The molecule has 2 aromatic carbocycles. The largest absolute Gasteiger partial charge is 0.545 e. The molecule has 27 heavy (non-hydrogen) atoms. The van der Waals surface area contributed by atoms with E-state index in [0.29, 0.717) is 0 Å². The van der Waals surface area contributed by atoms with Crippen molar-refractivity contribution in [1.82, 2.24) is 4.31 Å². The molecule has 1 N–H and O–H groups in total. The number of sulfonamides is 1. The number of carboxylic acid groups (broad SMARTS) is 1. The van der Waals surface area contributed by atoms with Crippen LogP contribution in [0.15, 0.2) is 47.4 Å². The van der Waals surface area contributed by atoms with Gasteiger partial charge in [0, 0.05) is 24.3 Å². The molecule has 0 aromatic heterocycles. The van der Waals surface area contributed by atoms with E-state index in [1.807, 2.05) is 0 Å². The zero-order chi connectivity index (χ0) is 20.2. The first-order valence-corrected chi connectivity index (χ1v) is 9.95. The molecule has 144 valence electrons. The fourth-order valence-electron chi connectivity index (χ4n) is 2.47. The Morgan fingerprint density at radius 1 is 1.07 bits per heavy atom. The third-order valence-electron chi connectivity index (χ3n) is 3.87. The Kier molecular flexibility index (Phi) is 6.59. The van der Waals surface area contributed by atoms with Gasteiger partial charge in [-0.25, -0.2) is 8.42 Å². The minimum Gasteiger partial charge on any atom is -0.545 e. The number of hydrogen-bond donors (Lipinski definition) is 1. The summed E-state index contributed by atoms with van der Waals surface area (Å²) in [7, 11) is -3.84. The minimum atomic E-state index is -3.84. The monoisotopic (exact) mass is 409 g/mol. The van der Waals surface area contributed by atoms with Gasteiger partial charge in [-0.2, -0.15) is 4.31 Å². The number of aromatic carboxylic acids is 1. The van der Waals surface area contributed by atoms with Crippen LogP contribution in [0.25, 0.3) is 0 Å². The quantitative estimate of drug-likeness (QED) is 0.752. The Hall–Kier alpha value is -2.42. The van der Waals surface area contributed by atoms with Crippen molar-refractivity contribution in [2.24, 2.45) is 0 Å². The van der Waals surface area contributed by atoms with E-state index in [1.165, 1.54) is 46.8 Å². The van der Waals surface area contributed by atoms with E-state index in [2.05, 4.69) is 5.32 Å². The zero-order valence-corrected chi connectivity index (χ0v) is 16.3. The third kappa shape index (κ3) is 4.65. The molecule has 0 aliphatic carbocycles. The van der Waals surface area contributed by atoms with Crippen LogP contribution in [0.3, 0.4) is 0 Å². The van der Waals surface area contributed by atoms with E-state index < -0.39 is 21.9 Å². The Balaban J connectivity index is 2.36. The zero-order valence-electron chi connectivity index (χ0n) is 14.7. The van der Waals surface area contributed by atoms with Gasteiger partial charge in [-0.1, -0.05) is 37.6 Å². The molecule has 0 saturated carbocycles. The highest BCUT2D eigenvalue weighted by Crippen LogP contribution is 2.26. The molecule has 0 atom stereocenters. The molecule has 0 fully saturated rings. The van der Waals surface area contributed by atoms with Crippen LogP contribution in [0.2, 0.25) is 5.02 Å². The highest BCUT2D eigenvalue weighted by molar-refractivity contribution is 7.89. The van der Waals surface area contributed by atoms with Gasteiger partial charge in [0.25, 0.3) is 5.91 Å². The number of nitrogens with one attached hydrogen (secondary N) is 1. The maximum atomic E-state index is 12.7. The molecule has 7 nitrogen and oxygen atoms in total. The van der Waals surface area contributed by atoms with Crippen molar-refractivity contribution >= 4 is 39.2 Å². The standard InChI is InChI=1S/C18H19ClN2O5S/c1-3-21(4-2)27(25,26)16-11-12(8-9-15(16)19)17(22)20-14-7-5-6-13(10-14)18(23)24/h5-11H,3-4H2,1-2H3,(H,20,22)(H,23,24)/p-1. The summed E-state index contributed by atoms with van der Waals surface area (Å²) < 4.78 is 26.6. The number of carboxylic acids is 1. The Labute approximate surface area is 162 Å². The molecule has 0 spiro atoms. The second-order valence-electron chi connectivity index (χ2n) is 5.56. The summed E-state index contributed by atoms with van der Waals surface area (Å²) in [4.78, 5) is 23.2. The van der Waals surface area contributed by atoms with Crippen LogP contribution in [0, 0.1) is 0 Å². The number of carbonyl (C=O) groups is 2. The number of hydrogen-bond acceptors (Lipinski definition) is 5. The molecule has 0 aliphatic rings. The van der Waals surface area contributed by atoms with E-state index in [1.54, 1.807) is 13.8 Å². The molecular weight excluding hydrogens is 392 g/mol. The first-order chi connectivity index (χ1) is 12.7. The first-order valence-electron chi connectivity index (χ1n) is 8.13. The predicted octanol–water partition coefficient (Wildman–Crippen LogP) is 1.99. The van der Waals surface area contributed by atoms with Gasteiger partial charge in [0.05, 0.1) is 11.0 Å². The molecule has 1 amide bonds. The Morgan fingerprint density at radius 2 is 1.74 bits per heavy atom. The summed E-state index contributed by atoms with van der Waals surface area (Å²) in [6.45, 7) is 3.94. The summed E-state index contributed by atoms with van der Waals surface area (Å²) in [5.41, 5.74) is 0.225. The van der Waals surface area contributed by atoms with Crippen molar-refractivity contribution in [2.45, 2.75) is 18.7 Å². The SMILES string of the molecule is CCN(CC)S(=O)(=O)c1cc(C(=O)Nc2cccc(C(=O)[O-])c2)ccc1Cl. The molecule has 0 aliphatic heterocycles. The van der Waals surface area contributed by atoms with Gasteiger partial charge in [-0.15, -0.1) is 0 Å². The van der Waals surface area contributed by atoms with Crippen molar-refractivity contribution < 1.29 is 23.1 Å². The average molecular weight is 410 g/mol. The number of carbonyl (C=O) groups excluding carboxylic acids is 2. The van der Waals surface area contributed by atoms with E-state index >= 15 is 0 Å². The second kappa shape index (κ2) is 8.51. The normalized spacial score (nSPS) is 11.4. The number of nitrogens with zero attached hydrogens (tertiary/aromatic N) is 1. The number of benzene rings is 2. The fourth-order valence-corrected chi connectivity index (χ4v) is 4.43. The highest BCUT2D eigenvalue weighted by Gasteiger charge is 2.25. The lowest BCUT2D eigenvalue weighted by molar-refractivity contribution is -0.255. The van der Waals surface area contributed by atoms with Crippen LogP contribution >= 0.6 is 11.6 Å². The Bertz CT molecular complexity index is 971. The van der Waals surface area contributed by atoms with Gasteiger partial charge in [-0.05, 0) is 35.9 Å². The predicted molar refractivity (Wildman–Crippen MR) is 100 cm³/mol. The smallest absolute Gasteiger partial charge is 0.255 e. The van der Waals surface area contributed by atoms with Crippen LogP contribution in [-0.4, -0.2) is 37.7 Å². The van der Waals surface area contributed by atoms with Crippen molar-refractivity contribution in [3.05, 3.63) is 58.6 Å². The summed E-state index contributed by atoms with van der Waals surface area (Å²) >= 11 is 6.05. The van der Waals surface area contributed by atoms with Crippen molar-refractivity contribution in [3.63, 3.8) is 0 Å². The molecule has 0 heterocycles. The van der Waals surface area contributed by atoms with Crippen LogP contribution in [0.4, 0.5) is 5.69 Å². The van der Waals surface area contributed by atoms with Crippen LogP contribution in [0.1, 0.15) is 34.6 Å². The van der Waals surface area contributed by atoms with E-state index in [4.69, 9.17) is 11.6 Å². The lowest BCUT2D eigenvalue weighted by atomic mass is 10.1. The molecule has 0 unspecified atom stereocenters. The number of anilines is 1. The first kappa shape index (κ1) is 20.9. The number of halogens is 1. The molecule has 0 bridgehead atoms. The minimum absolute atomic E-state index is 0.0115. The lowest BCUT2D eigenvalue weighted by Gasteiger charge is -2.19. The van der Waals surface area contributed by atoms with Gasteiger partial charge in [0.1, 0.15) is 4.90 Å². The fraction of sp³-hybridized carbons (Fsp3) is 0.222. The maximum Gasteiger partial charge on any atom is 0.255 e. The van der Waals surface area contributed by atoms with Gasteiger partial charge < -0.3 is 15.2 Å². The number of amides is 1. The molecule has 0 saturated heterocycles. The third-order valence-corrected chi connectivity index (χ3v) is 6.40. The van der Waals surface area contributed by atoms with Crippen LogP contribution < -0.4 is 10.4 Å². The van der Waals surface area contributed by atoms with E-state index in [-0.39, 0.29) is 39.8 Å². The topological polar surface area (TPSA) is 107 Å². The Morgan fingerprint density at radius 3 is 2.33 bits per heavy atom. The highest BCUT2D eigenvalue weighted by atomic mass is 35.5. The summed E-state index contributed by atoms with van der Waals surface area (Å²) in [6, 6.07) is 9.48. The van der Waals surface area contributed by atoms with Gasteiger partial charge in [0.15, 0.2) is 0 Å². The van der Waals surface area contributed by atoms with Crippen molar-refractivity contribution in [1.29, 1.82) is 0 Å². The summed E-state index contributed by atoms with van der Waals surface area (Å²) in [5.74, 6) is -1.97. The molecule has 2 rings (SSSR count). The number of rotatable bonds is 7. The van der Waals surface area contributed by atoms with Crippen molar-refractivity contribution in [3.8, 4) is 0 Å². The van der Waals surface area contributed by atoms with Crippen LogP contribution in [-0.2, 0) is 10.0 Å². The van der Waals surface area contributed by atoms with Crippen LogP contribution in [0.5, 0.6) is 0 Å². The summed E-state index contributed by atoms with van der Waals surface area (Å²) in [5, 5.41) is 13.5. The molecule has 9 heteroatoms. The maximum absolute atomic E-state index is 12.7. The van der Waals surface area contributed by atoms with Gasteiger partial charge in [0.2, 0.25) is 10.0 Å². The second-order valence-corrected chi connectivity index (χ2v) is 7.87. The molecule has 0 radical (unpaired) electrons. The average Bonchev–Trinajstić information content (AvgIpc) is 2.62. The van der Waals surface area contributed by atoms with Crippen molar-refractivity contribution in [2.75, 3.05) is 18.4 Å². The lowest BCUT2D eigenvalue weighted by Crippen LogP contribution is -2.31. The van der Waals surface area contributed by atoms with Gasteiger partial charge >= 0.3 is 0 Å².